The van der Waals surface area contributed by atoms with Crippen LogP contribution in [-0.4, -0.2) is 9.97 Å². The van der Waals surface area contributed by atoms with Gasteiger partial charge < -0.3 is 0 Å². The van der Waals surface area contributed by atoms with E-state index in [1.807, 2.05) is 6.07 Å². The van der Waals surface area contributed by atoms with Gasteiger partial charge in [0.1, 0.15) is 0 Å². The van der Waals surface area contributed by atoms with E-state index in [1.54, 1.807) is 0 Å². The first-order chi connectivity index (χ1) is 35.4. The minimum atomic E-state index is -0.520. The molecule has 0 amide bonds. The second-order valence-electron chi connectivity index (χ2n) is 20.0. The molecule has 2 aliphatic rings. The summed E-state index contributed by atoms with van der Waals surface area (Å²) < 4.78 is 0. The van der Waals surface area contributed by atoms with Gasteiger partial charge in [0, 0.05) is 22.1 Å². The van der Waals surface area contributed by atoms with Gasteiger partial charge in [-0.3, -0.25) is 0 Å². The maximum absolute atomic E-state index is 5.46. The molecular formula is C70H48N2. The van der Waals surface area contributed by atoms with Crippen molar-refractivity contribution in [3.05, 3.63) is 288 Å². The Morgan fingerprint density at radius 2 is 0.806 bits per heavy atom. The van der Waals surface area contributed by atoms with Crippen molar-refractivity contribution in [3.8, 4) is 78.4 Å². The average Bonchev–Trinajstić information content (AvgIpc) is 3.88. The highest BCUT2D eigenvalue weighted by Gasteiger charge is 2.47. The first-order valence-electron chi connectivity index (χ1n) is 25.1. The summed E-state index contributed by atoms with van der Waals surface area (Å²) in [5.74, 6) is 0.695. The molecule has 0 aliphatic heterocycles. The molecule has 338 valence electrons. The zero-order valence-electron chi connectivity index (χ0n) is 40.1. The van der Waals surface area contributed by atoms with E-state index < -0.39 is 5.41 Å². The quantitative estimate of drug-likeness (QED) is 0.159. The van der Waals surface area contributed by atoms with Crippen molar-refractivity contribution in [1.29, 1.82) is 0 Å². The molecule has 0 bridgehead atoms. The summed E-state index contributed by atoms with van der Waals surface area (Å²) in [7, 11) is 0. The summed E-state index contributed by atoms with van der Waals surface area (Å²) in [6, 6.07) is 93.3. The summed E-state index contributed by atoms with van der Waals surface area (Å²) in [6.07, 6.45) is 0. The van der Waals surface area contributed by atoms with E-state index in [1.165, 1.54) is 94.0 Å². The van der Waals surface area contributed by atoms with Crippen molar-refractivity contribution in [2.24, 2.45) is 0 Å². The van der Waals surface area contributed by atoms with Crippen molar-refractivity contribution in [2.75, 3.05) is 0 Å². The lowest BCUT2D eigenvalue weighted by molar-refractivity contribution is 0.661. The molecule has 0 saturated carbocycles. The van der Waals surface area contributed by atoms with Gasteiger partial charge in [-0.05, 0) is 124 Å². The van der Waals surface area contributed by atoms with Gasteiger partial charge in [-0.2, -0.15) is 0 Å². The van der Waals surface area contributed by atoms with E-state index in [-0.39, 0.29) is 5.41 Å². The standard InChI is InChI=1S/C70H48N2/c1-69(2)63-43-50(37-38-56(63)60-41-48-21-12-13-22-49(48)42-64(60)69)45-33-35-46(36-34-45)53-39-40-57(55-28-15-14-27-54(53)55)65-44-66(72-68(71-65)47-19-6-3-7-20-47)59-30-18-32-62-67(59)58-29-16-17-31-61(58)70(62,51-23-8-4-9-24-51)52-25-10-5-11-26-52/h3-44H,1-2H3. The molecule has 1 aromatic heterocycles. The highest BCUT2D eigenvalue weighted by molar-refractivity contribution is 6.05. The van der Waals surface area contributed by atoms with Gasteiger partial charge in [0.15, 0.2) is 5.82 Å². The number of fused-ring (bicyclic) bond motifs is 8. The fraction of sp³-hybridized carbons (Fsp3) is 0.0571. The van der Waals surface area contributed by atoms with E-state index in [0.29, 0.717) is 5.82 Å². The molecule has 1 heterocycles. The SMILES string of the molecule is CC1(C)c2cc(-c3ccc(-c4ccc(-c5cc(-c6cccc7c6-c6ccccc6C7(c6ccccc6)c6ccccc6)nc(-c6ccccc6)n5)c5ccccc45)cc3)ccc2-c2cc3ccccc3cc21. The topological polar surface area (TPSA) is 25.8 Å². The minimum absolute atomic E-state index is 0.0964. The Bertz CT molecular complexity index is 4060. The minimum Gasteiger partial charge on any atom is -0.228 e. The molecular weight excluding hydrogens is 869 g/mol. The fourth-order valence-electron chi connectivity index (χ4n) is 12.4. The van der Waals surface area contributed by atoms with Gasteiger partial charge in [-0.15, -0.1) is 0 Å². The number of hydrogen-bond acceptors (Lipinski definition) is 2. The summed E-state index contributed by atoms with van der Waals surface area (Å²) in [6.45, 7) is 4.74. The molecule has 2 nitrogen and oxygen atoms in total. The molecule has 2 aliphatic carbocycles. The third-order valence-electron chi connectivity index (χ3n) is 15.8. The molecule has 11 aromatic carbocycles. The van der Waals surface area contributed by atoms with Crippen LogP contribution in [0.15, 0.2) is 255 Å². The second-order valence-corrected chi connectivity index (χ2v) is 20.0. The molecule has 0 radical (unpaired) electrons. The van der Waals surface area contributed by atoms with E-state index in [0.717, 1.165) is 33.5 Å². The molecule has 12 aromatic rings. The van der Waals surface area contributed by atoms with Crippen LogP contribution in [0.4, 0.5) is 0 Å². The van der Waals surface area contributed by atoms with E-state index in [2.05, 4.69) is 263 Å². The Balaban J connectivity index is 0.884. The monoisotopic (exact) mass is 916 g/mol. The van der Waals surface area contributed by atoms with Crippen molar-refractivity contribution in [1.82, 2.24) is 9.97 Å². The van der Waals surface area contributed by atoms with E-state index in [4.69, 9.17) is 9.97 Å². The molecule has 0 fully saturated rings. The summed E-state index contributed by atoms with van der Waals surface area (Å²) in [5, 5.41) is 4.91. The van der Waals surface area contributed by atoms with Crippen LogP contribution in [0.25, 0.3) is 100.0 Å². The zero-order chi connectivity index (χ0) is 48.0. The Morgan fingerprint density at radius 1 is 0.292 bits per heavy atom. The predicted molar refractivity (Wildman–Crippen MR) is 299 cm³/mol. The molecule has 0 spiro atoms. The molecule has 0 atom stereocenters. The Morgan fingerprint density at radius 3 is 1.53 bits per heavy atom. The zero-order valence-corrected chi connectivity index (χ0v) is 40.1. The summed E-state index contributed by atoms with van der Waals surface area (Å²) in [5.41, 5.74) is 22.0. The Labute approximate surface area is 420 Å². The van der Waals surface area contributed by atoms with Crippen molar-refractivity contribution in [2.45, 2.75) is 24.7 Å². The van der Waals surface area contributed by atoms with Crippen LogP contribution in [-0.2, 0) is 10.8 Å². The van der Waals surface area contributed by atoms with Gasteiger partial charge in [0.05, 0.1) is 16.8 Å². The van der Waals surface area contributed by atoms with Gasteiger partial charge in [0.25, 0.3) is 0 Å². The van der Waals surface area contributed by atoms with Crippen LogP contribution < -0.4 is 0 Å². The van der Waals surface area contributed by atoms with Crippen LogP contribution in [0.1, 0.15) is 47.2 Å². The number of rotatable bonds is 7. The maximum Gasteiger partial charge on any atom is 0.160 e. The molecule has 0 saturated heterocycles. The highest BCUT2D eigenvalue weighted by Crippen LogP contribution is 2.58. The predicted octanol–water partition coefficient (Wildman–Crippen LogP) is 17.8. The third-order valence-corrected chi connectivity index (χ3v) is 15.8. The second kappa shape index (κ2) is 16.3. The Kier molecular flexibility index (Phi) is 9.50. The summed E-state index contributed by atoms with van der Waals surface area (Å²) in [4.78, 5) is 10.9. The van der Waals surface area contributed by atoms with Gasteiger partial charge >= 0.3 is 0 Å². The summed E-state index contributed by atoms with van der Waals surface area (Å²) >= 11 is 0. The van der Waals surface area contributed by atoms with Gasteiger partial charge in [0.2, 0.25) is 0 Å². The molecule has 72 heavy (non-hydrogen) atoms. The lowest BCUT2D eigenvalue weighted by Crippen LogP contribution is -2.28. The lowest BCUT2D eigenvalue weighted by Gasteiger charge is -2.33. The molecule has 2 heteroatoms. The van der Waals surface area contributed by atoms with Crippen LogP contribution in [0, 0.1) is 0 Å². The molecule has 0 unspecified atom stereocenters. The van der Waals surface area contributed by atoms with E-state index in [9.17, 15) is 0 Å². The third kappa shape index (κ3) is 6.35. The lowest BCUT2D eigenvalue weighted by atomic mass is 9.67. The number of hydrogen-bond donors (Lipinski definition) is 0. The first kappa shape index (κ1) is 41.9. The molecule has 14 rings (SSSR count). The van der Waals surface area contributed by atoms with Crippen LogP contribution >= 0.6 is 0 Å². The fourth-order valence-corrected chi connectivity index (χ4v) is 12.4. The van der Waals surface area contributed by atoms with Crippen LogP contribution in [0.5, 0.6) is 0 Å². The number of nitrogens with zero attached hydrogens (tertiary/aromatic N) is 2. The van der Waals surface area contributed by atoms with Crippen LogP contribution in [0.3, 0.4) is 0 Å². The first-order valence-corrected chi connectivity index (χ1v) is 25.1. The van der Waals surface area contributed by atoms with Crippen LogP contribution in [0.2, 0.25) is 0 Å². The molecule has 0 N–H and O–H groups in total. The number of aromatic nitrogens is 2. The van der Waals surface area contributed by atoms with Crippen molar-refractivity contribution in [3.63, 3.8) is 0 Å². The normalized spacial score (nSPS) is 13.6. The van der Waals surface area contributed by atoms with E-state index >= 15 is 0 Å². The van der Waals surface area contributed by atoms with Crippen molar-refractivity contribution >= 4 is 21.5 Å². The largest absolute Gasteiger partial charge is 0.228 e. The van der Waals surface area contributed by atoms with Crippen molar-refractivity contribution < 1.29 is 0 Å². The highest BCUT2D eigenvalue weighted by atomic mass is 14.9. The van der Waals surface area contributed by atoms with Gasteiger partial charge in [-0.25, -0.2) is 9.97 Å². The number of benzene rings is 11. The smallest absolute Gasteiger partial charge is 0.160 e. The van der Waals surface area contributed by atoms with Gasteiger partial charge in [-0.1, -0.05) is 244 Å². The average molecular weight is 917 g/mol. The maximum atomic E-state index is 5.46. The Hall–Kier alpha value is -8.98.